The van der Waals surface area contributed by atoms with E-state index in [1.807, 2.05) is 6.07 Å². The second kappa shape index (κ2) is 11.2. The van der Waals surface area contributed by atoms with E-state index < -0.39 is 0 Å². The van der Waals surface area contributed by atoms with Gasteiger partial charge in [-0.15, -0.1) is 0 Å². The molecule has 0 radical (unpaired) electrons. The molecule has 0 saturated heterocycles. The number of nitrogens with zero attached hydrogens (tertiary/aromatic N) is 4. The first-order chi connectivity index (χ1) is 26.8. The van der Waals surface area contributed by atoms with Crippen molar-refractivity contribution in [3.63, 3.8) is 0 Å². The van der Waals surface area contributed by atoms with E-state index >= 15 is 0 Å². The molecule has 0 spiro atoms. The Kier molecular flexibility index (Phi) is 6.14. The van der Waals surface area contributed by atoms with Gasteiger partial charge in [-0.2, -0.15) is 0 Å². The van der Waals surface area contributed by atoms with Crippen molar-refractivity contribution in [2.24, 2.45) is 0 Å². The first-order valence-electron chi connectivity index (χ1n) is 18.7. The number of rotatable bonds is 3. The normalized spacial score (nSPS) is 13.1. The summed E-state index contributed by atoms with van der Waals surface area (Å²) in [5.41, 5.74) is 11.2. The van der Waals surface area contributed by atoms with Crippen LogP contribution < -0.4 is 0 Å². The Balaban J connectivity index is 1.19. The van der Waals surface area contributed by atoms with Gasteiger partial charge in [0.15, 0.2) is 5.82 Å². The van der Waals surface area contributed by atoms with Crippen molar-refractivity contribution in [1.29, 1.82) is 0 Å². The Morgan fingerprint density at radius 2 is 1.09 bits per heavy atom. The van der Waals surface area contributed by atoms with Gasteiger partial charge in [-0.3, -0.25) is 4.57 Å². The second-order valence-corrected chi connectivity index (χ2v) is 14.5. The quantitative estimate of drug-likeness (QED) is 0.185. The fourth-order valence-electron chi connectivity index (χ4n) is 9.15. The molecule has 0 atom stereocenters. The second-order valence-electron chi connectivity index (χ2n) is 14.5. The molecule has 0 aliphatic heterocycles. The molecule has 252 valence electrons. The van der Waals surface area contributed by atoms with Gasteiger partial charge in [-0.1, -0.05) is 133 Å². The summed E-state index contributed by atoms with van der Waals surface area (Å²) >= 11 is 0. The van der Waals surface area contributed by atoms with E-state index in [0.29, 0.717) is 0 Å². The number of para-hydroxylation sites is 3. The third-order valence-electron chi connectivity index (χ3n) is 11.6. The van der Waals surface area contributed by atoms with Crippen molar-refractivity contribution in [2.45, 2.75) is 12.8 Å². The highest BCUT2D eigenvalue weighted by Crippen LogP contribution is 2.44. The van der Waals surface area contributed by atoms with Crippen LogP contribution in [0.15, 0.2) is 164 Å². The Labute approximate surface area is 310 Å². The van der Waals surface area contributed by atoms with E-state index in [-0.39, 0.29) is 0 Å². The number of benzene rings is 8. The van der Waals surface area contributed by atoms with Crippen LogP contribution >= 0.6 is 0 Å². The summed E-state index contributed by atoms with van der Waals surface area (Å²) in [6.07, 6.45) is 4.21. The van der Waals surface area contributed by atoms with Crippen LogP contribution in [0.5, 0.6) is 0 Å². The molecule has 0 unspecified atom stereocenters. The minimum atomic E-state index is 0.856. The summed E-state index contributed by atoms with van der Waals surface area (Å²) in [6, 6.07) is 59.0. The van der Waals surface area contributed by atoms with Gasteiger partial charge in [0, 0.05) is 44.1 Å². The summed E-state index contributed by atoms with van der Waals surface area (Å²) in [4.78, 5) is 10.8. The minimum absolute atomic E-state index is 0.856. The van der Waals surface area contributed by atoms with Crippen LogP contribution in [0.3, 0.4) is 0 Å². The van der Waals surface area contributed by atoms with Gasteiger partial charge in [0.25, 0.3) is 0 Å². The molecule has 54 heavy (non-hydrogen) atoms. The van der Waals surface area contributed by atoms with E-state index in [2.05, 4.69) is 173 Å². The van der Waals surface area contributed by atoms with Gasteiger partial charge in [-0.25, -0.2) is 9.97 Å². The van der Waals surface area contributed by atoms with E-state index in [0.717, 1.165) is 46.5 Å². The van der Waals surface area contributed by atoms with Gasteiger partial charge in [0.05, 0.1) is 27.6 Å². The molecule has 3 aromatic heterocycles. The monoisotopic (exact) mass is 688 g/mol. The van der Waals surface area contributed by atoms with Crippen molar-refractivity contribution in [1.82, 2.24) is 19.1 Å². The number of fused-ring (bicyclic) bond motifs is 12. The predicted molar refractivity (Wildman–Crippen MR) is 226 cm³/mol. The molecule has 4 heteroatoms. The fraction of sp³-hybridized carbons (Fsp3) is 0.0400. The highest BCUT2D eigenvalue weighted by atomic mass is 15.1. The molecule has 0 amide bonds. The van der Waals surface area contributed by atoms with Crippen molar-refractivity contribution < 1.29 is 0 Å². The lowest BCUT2D eigenvalue weighted by molar-refractivity contribution is 0.860. The highest BCUT2D eigenvalue weighted by molar-refractivity contribution is 6.20. The number of hydrogen-bond acceptors (Lipinski definition) is 2. The van der Waals surface area contributed by atoms with E-state index in [4.69, 9.17) is 9.97 Å². The highest BCUT2D eigenvalue weighted by Gasteiger charge is 2.27. The molecule has 1 aliphatic carbocycles. The zero-order valence-electron chi connectivity index (χ0n) is 29.4. The predicted octanol–water partition coefficient (Wildman–Crippen LogP) is 12.8. The molecule has 3 heterocycles. The van der Waals surface area contributed by atoms with Crippen LogP contribution in [-0.4, -0.2) is 19.1 Å². The van der Waals surface area contributed by atoms with Crippen molar-refractivity contribution in [3.05, 3.63) is 175 Å². The smallest absolute Gasteiger partial charge is 0.164 e. The summed E-state index contributed by atoms with van der Waals surface area (Å²) in [7, 11) is 0. The first-order valence-corrected chi connectivity index (χ1v) is 18.7. The average Bonchev–Trinajstić information content (AvgIpc) is 3.76. The van der Waals surface area contributed by atoms with Crippen LogP contribution in [-0.2, 0) is 6.42 Å². The first kappa shape index (κ1) is 29.5. The van der Waals surface area contributed by atoms with Crippen LogP contribution in [0.2, 0.25) is 0 Å². The molecule has 0 bridgehead atoms. The van der Waals surface area contributed by atoms with E-state index in [1.54, 1.807) is 0 Å². The number of hydrogen-bond donors (Lipinski definition) is 0. The molecule has 0 saturated carbocycles. The Bertz CT molecular complexity index is 3400. The standard InChI is InChI=1S/C50H32N4/c1-2-14-34-29-35(22-21-31(34)11-1)48-50(52-43-19-9-8-18-42(43)51-48)54-45-28-25-36(30-41(45)47-37-15-5-3-12-32(37)24-27-46(47)54)53-44-20-10-7-17-39(44)40-26-23-33-13-4-6-16-38(33)49(40)53/h1-24,26-27,29-30H,25,28H2. The van der Waals surface area contributed by atoms with E-state index in [1.165, 1.54) is 76.5 Å². The summed E-state index contributed by atoms with van der Waals surface area (Å²) in [6.45, 7) is 0. The van der Waals surface area contributed by atoms with Gasteiger partial charge in [0.2, 0.25) is 0 Å². The third kappa shape index (κ3) is 4.19. The summed E-state index contributed by atoms with van der Waals surface area (Å²) < 4.78 is 4.97. The maximum atomic E-state index is 5.47. The van der Waals surface area contributed by atoms with Gasteiger partial charge >= 0.3 is 0 Å². The Hall–Kier alpha value is -7.04. The van der Waals surface area contributed by atoms with Gasteiger partial charge < -0.3 is 4.57 Å². The van der Waals surface area contributed by atoms with Crippen LogP contribution in [0.25, 0.3) is 105 Å². The van der Waals surface area contributed by atoms with Crippen LogP contribution in [0.1, 0.15) is 17.7 Å². The van der Waals surface area contributed by atoms with Gasteiger partial charge in [-0.05, 0) is 76.2 Å². The SMILES string of the molecule is C1=C(n2c3ccccc3c3ccc4ccccc4c32)CCc2c1c1c3ccccc3ccc1n2-c1nc2ccccc2nc1-c1ccc2ccccc2c1. The fourth-order valence-corrected chi connectivity index (χ4v) is 9.15. The van der Waals surface area contributed by atoms with Crippen molar-refractivity contribution in [2.75, 3.05) is 0 Å². The Morgan fingerprint density at radius 3 is 1.94 bits per heavy atom. The summed E-state index contributed by atoms with van der Waals surface area (Å²) in [5.74, 6) is 0.866. The molecule has 4 nitrogen and oxygen atoms in total. The average molecular weight is 689 g/mol. The maximum absolute atomic E-state index is 5.47. The zero-order valence-corrected chi connectivity index (χ0v) is 29.4. The summed E-state index contributed by atoms with van der Waals surface area (Å²) in [5, 5.41) is 11.2. The van der Waals surface area contributed by atoms with Crippen LogP contribution in [0, 0.1) is 0 Å². The Morgan fingerprint density at radius 1 is 0.444 bits per heavy atom. The van der Waals surface area contributed by atoms with Crippen molar-refractivity contribution >= 4 is 87.8 Å². The molecule has 12 rings (SSSR count). The molecule has 11 aromatic rings. The lowest BCUT2D eigenvalue weighted by atomic mass is 9.96. The molecule has 8 aromatic carbocycles. The maximum Gasteiger partial charge on any atom is 0.164 e. The molecular formula is C50H32N4. The molecular weight excluding hydrogens is 657 g/mol. The van der Waals surface area contributed by atoms with Crippen LogP contribution in [0.4, 0.5) is 0 Å². The van der Waals surface area contributed by atoms with Crippen molar-refractivity contribution in [3.8, 4) is 17.1 Å². The zero-order chi connectivity index (χ0) is 35.3. The molecule has 1 aliphatic rings. The molecule has 0 fully saturated rings. The third-order valence-corrected chi connectivity index (χ3v) is 11.6. The largest absolute Gasteiger partial charge is 0.312 e. The lowest BCUT2D eigenvalue weighted by Crippen LogP contribution is -2.11. The topological polar surface area (TPSA) is 35.6 Å². The molecule has 0 N–H and O–H groups in total. The van der Waals surface area contributed by atoms with Gasteiger partial charge in [0.1, 0.15) is 5.69 Å². The number of aromatic nitrogens is 4. The minimum Gasteiger partial charge on any atom is -0.312 e. The van der Waals surface area contributed by atoms with E-state index in [9.17, 15) is 0 Å². The lowest BCUT2D eigenvalue weighted by Gasteiger charge is -2.21. The number of allylic oxidation sites excluding steroid dienone is 1.